The smallest absolute Gasteiger partial charge is 0.193 e. The first-order valence-corrected chi connectivity index (χ1v) is 10.2. The van der Waals surface area contributed by atoms with Gasteiger partial charge in [0.25, 0.3) is 0 Å². The quantitative estimate of drug-likeness (QED) is 0.249. The van der Waals surface area contributed by atoms with Crippen LogP contribution in [0.4, 0.5) is 0 Å². The topological polar surface area (TPSA) is 30.9 Å². The number of aliphatic imine (C=N–C) groups is 1. The molecular weight excluding hydrogens is 419 g/mol. The summed E-state index contributed by atoms with van der Waals surface area (Å²) in [7, 11) is 0. The van der Waals surface area contributed by atoms with Crippen LogP contribution in [0.1, 0.15) is 47.0 Å². The number of thioether (sulfide) groups is 1. The van der Waals surface area contributed by atoms with E-state index in [9.17, 15) is 0 Å². The molecule has 0 aromatic heterocycles. The Balaban J connectivity index is 0.00000484. The Bertz CT molecular complexity index is 311. The van der Waals surface area contributed by atoms with Crippen LogP contribution < -0.4 is 5.32 Å². The lowest BCUT2D eigenvalue weighted by Crippen LogP contribution is -2.48. The molecule has 1 atom stereocenters. The molecule has 0 aromatic carbocycles. The van der Waals surface area contributed by atoms with Gasteiger partial charge >= 0.3 is 0 Å². The predicted molar refractivity (Wildman–Crippen MR) is 117 cm³/mol. The van der Waals surface area contributed by atoms with E-state index in [1.807, 2.05) is 0 Å². The van der Waals surface area contributed by atoms with Gasteiger partial charge in [-0.2, -0.15) is 11.8 Å². The summed E-state index contributed by atoms with van der Waals surface area (Å²) in [6.45, 7) is 16.6. The lowest BCUT2D eigenvalue weighted by Gasteiger charge is -2.34. The number of rotatable bonds is 9. The van der Waals surface area contributed by atoms with E-state index >= 15 is 0 Å². The molecule has 1 unspecified atom stereocenters. The first kappa shape index (κ1) is 23.3. The summed E-state index contributed by atoms with van der Waals surface area (Å²) in [6, 6.07) is 0. The van der Waals surface area contributed by atoms with Gasteiger partial charge in [0.05, 0.1) is 0 Å². The van der Waals surface area contributed by atoms with Gasteiger partial charge in [-0.15, -0.1) is 24.0 Å². The third-order valence-corrected chi connectivity index (χ3v) is 5.64. The summed E-state index contributed by atoms with van der Waals surface area (Å²) < 4.78 is 0. The van der Waals surface area contributed by atoms with E-state index in [2.05, 4.69) is 54.6 Å². The van der Waals surface area contributed by atoms with Crippen LogP contribution in [-0.4, -0.2) is 72.6 Å². The Kier molecular flexibility index (Phi) is 14.8. The number of hydrogen-bond donors (Lipinski definition) is 1. The Morgan fingerprint density at radius 3 is 2.57 bits per heavy atom. The van der Waals surface area contributed by atoms with E-state index in [1.54, 1.807) is 0 Å². The number of guanidine groups is 1. The summed E-state index contributed by atoms with van der Waals surface area (Å²) in [6.07, 6.45) is 3.69. The van der Waals surface area contributed by atoms with Crippen molar-refractivity contribution in [2.45, 2.75) is 52.2 Å². The second-order valence-corrected chi connectivity index (χ2v) is 7.22. The van der Waals surface area contributed by atoms with Crippen molar-refractivity contribution in [1.82, 2.24) is 15.1 Å². The van der Waals surface area contributed by atoms with Gasteiger partial charge in [-0.1, -0.05) is 20.8 Å². The highest BCUT2D eigenvalue weighted by atomic mass is 127. The minimum Gasteiger partial charge on any atom is -0.357 e. The van der Waals surface area contributed by atoms with Crippen molar-refractivity contribution >= 4 is 41.7 Å². The third-order valence-electron chi connectivity index (χ3n) is 4.27. The van der Waals surface area contributed by atoms with Crippen molar-refractivity contribution < 1.29 is 0 Å². The normalized spacial score (nSPS) is 18.9. The maximum absolute atomic E-state index is 4.86. The summed E-state index contributed by atoms with van der Waals surface area (Å²) in [4.78, 5) is 9.80. The fourth-order valence-corrected chi connectivity index (χ4v) is 3.94. The molecule has 23 heavy (non-hydrogen) atoms. The van der Waals surface area contributed by atoms with Crippen molar-refractivity contribution in [1.29, 1.82) is 0 Å². The monoisotopic (exact) mass is 456 g/mol. The molecule has 0 spiro atoms. The summed E-state index contributed by atoms with van der Waals surface area (Å²) in [5, 5.41) is 4.24. The fourth-order valence-electron chi connectivity index (χ4n) is 2.76. The van der Waals surface area contributed by atoms with Crippen molar-refractivity contribution in [2.75, 3.05) is 51.6 Å². The van der Waals surface area contributed by atoms with E-state index in [1.165, 1.54) is 31.6 Å². The predicted octanol–water partition coefficient (Wildman–Crippen LogP) is 3.52. The number of nitrogens with zero attached hydrogens (tertiary/aromatic N) is 3. The zero-order chi connectivity index (χ0) is 16.2. The molecule has 0 amide bonds. The van der Waals surface area contributed by atoms with Crippen LogP contribution in [-0.2, 0) is 0 Å². The maximum atomic E-state index is 4.86. The summed E-state index contributed by atoms with van der Waals surface area (Å²) in [5.74, 6) is 2.36. The summed E-state index contributed by atoms with van der Waals surface area (Å²) >= 11 is 2.11. The molecule has 0 bridgehead atoms. The van der Waals surface area contributed by atoms with Gasteiger partial charge in [-0.05, 0) is 45.8 Å². The van der Waals surface area contributed by atoms with Crippen LogP contribution in [0.2, 0.25) is 0 Å². The minimum atomic E-state index is 0. The number of halogens is 1. The highest BCUT2D eigenvalue weighted by Crippen LogP contribution is 2.21. The van der Waals surface area contributed by atoms with Gasteiger partial charge < -0.3 is 15.1 Å². The molecule has 1 saturated heterocycles. The van der Waals surface area contributed by atoms with Crippen LogP contribution >= 0.6 is 35.7 Å². The summed E-state index contributed by atoms with van der Waals surface area (Å²) in [5.41, 5.74) is 0. The molecule has 138 valence electrons. The fraction of sp³-hybridized carbons (Fsp3) is 0.941. The molecule has 1 N–H and O–H groups in total. The van der Waals surface area contributed by atoms with Crippen LogP contribution in [0.5, 0.6) is 0 Å². The van der Waals surface area contributed by atoms with Crippen LogP contribution in [0.3, 0.4) is 0 Å². The first-order chi connectivity index (χ1) is 10.7. The SMILES string of the molecule is CCNC(=NCCCCN(CC)CC)N1CCSC(CC)C1.I. The van der Waals surface area contributed by atoms with Crippen molar-refractivity contribution in [2.24, 2.45) is 4.99 Å². The second-order valence-electron chi connectivity index (χ2n) is 5.82. The van der Waals surface area contributed by atoms with Crippen LogP contribution in [0.15, 0.2) is 4.99 Å². The first-order valence-electron chi connectivity index (χ1n) is 9.12. The van der Waals surface area contributed by atoms with Crippen molar-refractivity contribution in [3.8, 4) is 0 Å². The molecule has 0 saturated carbocycles. The van der Waals surface area contributed by atoms with E-state index in [4.69, 9.17) is 4.99 Å². The molecule has 0 radical (unpaired) electrons. The molecule has 0 aliphatic carbocycles. The lowest BCUT2D eigenvalue weighted by molar-refractivity contribution is 0.297. The molecule has 0 aromatic rings. The largest absolute Gasteiger partial charge is 0.357 e. The Morgan fingerprint density at radius 2 is 1.96 bits per heavy atom. The highest BCUT2D eigenvalue weighted by Gasteiger charge is 2.21. The minimum absolute atomic E-state index is 0. The standard InChI is InChI=1S/C17H36N4S.HI/c1-5-16-15-21(13-14-22-16)17(18-6-2)19-11-9-10-12-20(7-3)8-4;/h16H,5-15H2,1-4H3,(H,18,19);1H. The van der Waals surface area contributed by atoms with Crippen LogP contribution in [0.25, 0.3) is 0 Å². The van der Waals surface area contributed by atoms with Crippen molar-refractivity contribution in [3.63, 3.8) is 0 Å². The maximum Gasteiger partial charge on any atom is 0.193 e. The molecule has 1 rings (SSSR count). The zero-order valence-electron chi connectivity index (χ0n) is 15.5. The van der Waals surface area contributed by atoms with E-state index in [-0.39, 0.29) is 24.0 Å². The highest BCUT2D eigenvalue weighted by molar-refractivity contribution is 14.0. The number of hydrogen-bond acceptors (Lipinski definition) is 3. The van der Waals surface area contributed by atoms with E-state index < -0.39 is 0 Å². The molecular formula is C17H37IN4S. The van der Waals surface area contributed by atoms with Gasteiger partial charge in [-0.3, -0.25) is 4.99 Å². The average molecular weight is 456 g/mol. The molecule has 1 fully saturated rings. The van der Waals surface area contributed by atoms with E-state index in [0.29, 0.717) is 0 Å². The molecule has 1 aliphatic rings. The van der Waals surface area contributed by atoms with Crippen molar-refractivity contribution in [3.05, 3.63) is 0 Å². The molecule has 1 aliphatic heterocycles. The van der Waals surface area contributed by atoms with Gasteiger partial charge in [0.2, 0.25) is 0 Å². The van der Waals surface area contributed by atoms with Gasteiger partial charge in [0.1, 0.15) is 0 Å². The van der Waals surface area contributed by atoms with Gasteiger partial charge in [0, 0.05) is 37.2 Å². The third kappa shape index (κ3) is 9.39. The Morgan fingerprint density at radius 1 is 1.22 bits per heavy atom. The molecule has 1 heterocycles. The molecule has 6 heteroatoms. The van der Waals surface area contributed by atoms with Gasteiger partial charge in [0.15, 0.2) is 5.96 Å². The molecule has 4 nitrogen and oxygen atoms in total. The number of nitrogens with one attached hydrogen (secondary N) is 1. The van der Waals surface area contributed by atoms with E-state index in [0.717, 1.165) is 50.5 Å². The zero-order valence-corrected chi connectivity index (χ0v) is 18.7. The van der Waals surface area contributed by atoms with Crippen LogP contribution in [0, 0.1) is 0 Å². The second kappa shape index (κ2) is 14.6. The Hall–Kier alpha value is 0.310. The number of unbranched alkanes of at least 4 members (excludes halogenated alkanes) is 1. The average Bonchev–Trinajstić information content (AvgIpc) is 2.57. The van der Waals surface area contributed by atoms with Gasteiger partial charge in [-0.25, -0.2) is 0 Å². The Labute approximate surface area is 165 Å². The lowest BCUT2D eigenvalue weighted by atomic mass is 10.3.